The van der Waals surface area contributed by atoms with E-state index in [1.165, 1.54) is 14.2 Å². The van der Waals surface area contributed by atoms with Gasteiger partial charge in [-0.05, 0) is 29.8 Å². The fourth-order valence-corrected chi connectivity index (χ4v) is 3.08. The highest BCUT2D eigenvalue weighted by Crippen LogP contribution is 2.33. The van der Waals surface area contributed by atoms with Gasteiger partial charge in [-0.3, -0.25) is 9.59 Å². The van der Waals surface area contributed by atoms with Crippen LogP contribution in [0.4, 0.5) is 5.69 Å². The van der Waals surface area contributed by atoms with Crippen LogP contribution in [0.3, 0.4) is 0 Å². The monoisotopic (exact) mass is 383 g/mol. The number of methoxy groups -OCH3 is 2. The first-order valence-corrected chi connectivity index (χ1v) is 8.80. The van der Waals surface area contributed by atoms with Gasteiger partial charge < -0.3 is 19.1 Å². The molecule has 2 aromatic rings. The van der Waals surface area contributed by atoms with Gasteiger partial charge in [0.15, 0.2) is 0 Å². The maximum Gasteiger partial charge on any atom is 0.337 e. The van der Waals surface area contributed by atoms with Crippen LogP contribution in [0.5, 0.6) is 5.75 Å². The molecule has 1 fully saturated rings. The zero-order valence-corrected chi connectivity index (χ0v) is 15.7. The van der Waals surface area contributed by atoms with Gasteiger partial charge in [-0.15, -0.1) is 0 Å². The minimum atomic E-state index is -0.535. The highest BCUT2D eigenvalue weighted by atomic mass is 16.5. The van der Waals surface area contributed by atoms with Crippen molar-refractivity contribution < 1.29 is 28.6 Å². The van der Waals surface area contributed by atoms with Crippen LogP contribution in [0.15, 0.2) is 48.5 Å². The summed E-state index contributed by atoms with van der Waals surface area (Å²) in [4.78, 5) is 37.8. The molecule has 0 spiro atoms. The first-order chi connectivity index (χ1) is 13.5. The number of rotatable bonds is 6. The van der Waals surface area contributed by atoms with E-state index in [9.17, 15) is 14.4 Å². The molecule has 1 atom stereocenters. The first kappa shape index (κ1) is 19.4. The topological polar surface area (TPSA) is 82.1 Å². The number of nitrogens with zero attached hydrogens (tertiary/aromatic N) is 1. The molecule has 7 nitrogen and oxygen atoms in total. The van der Waals surface area contributed by atoms with Crippen molar-refractivity contribution >= 4 is 23.5 Å². The summed E-state index contributed by atoms with van der Waals surface area (Å²) in [5, 5.41) is 0. The summed E-state index contributed by atoms with van der Waals surface area (Å²) in [5.41, 5.74) is 1.81. The molecule has 1 aliphatic rings. The first-order valence-electron chi connectivity index (χ1n) is 8.80. The molecule has 1 aliphatic heterocycles. The van der Waals surface area contributed by atoms with Crippen molar-refractivity contribution in [2.45, 2.75) is 13.0 Å². The van der Waals surface area contributed by atoms with E-state index in [0.29, 0.717) is 17.0 Å². The second-order valence-corrected chi connectivity index (χ2v) is 6.37. The molecule has 2 aromatic carbocycles. The van der Waals surface area contributed by atoms with Gasteiger partial charge in [0.2, 0.25) is 5.91 Å². The van der Waals surface area contributed by atoms with Gasteiger partial charge in [0.05, 0.1) is 31.4 Å². The van der Waals surface area contributed by atoms with Gasteiger partial charge in [0, 0.05) is 13.0 Å². The molecule has 1 amide bonds. The van der Waals surface area contributed by atoms with E-state index in [4.69, 9.17) is 9.47 Å². The van der Waals surface area contributed by atoms with Crippen LogP contribution >= 0.6 is 0 Å². The number of esters is 2. The van der Waals surface area contributed by atoms with Crippen molar-refractivity contribution in [3.63, 3.8) is 0 Å². The fourth-order valence-electron chi connectivity index (χ4n) is 3.08. The fraction of sp³-hybridized carbons (Fsp3) is 0.286. The van der Waals surface area contributed by atoms with E-state index in [1.54, 1.807) is 41.3 Å². The van der Waals surface area contributed by atoms with Crippen molar-refractivity contribution in [3.05, 3.63) is 59.7 Å². The molecular formula is C21H21NO6. The molecule has 3 rings (SSSR count). The van der Waals surface area contributed by atoms with E-state index in [2.05, 4.69) is 4.74 Å². The zero-order chi connectivity index (χ0) is 20.1. The number of amides is 1. The maximum absolute atomic E-state index is 12.4. The third kappa shape index (κ3) is 4.14. The van der Waals surface area contributed by atoms with Crippen molar-refractivity contribution in [1.29, 1.82) is 0 Å². The zero-order valence-electron chi connectivity index (χ0n) is 15.7. The highest BCUT2D eigenvalue weighted by molar-refractivity contribution is 6.00. The average Bonchev–Trinajstić information content (AvgIpc) is 3.13. The van der Waals surface area contributed by atoms with Gasteiger partial charge in [-0.1, -0.05) is 24.3 Å². The molecule has 1 unspecified atom stereocenters. The highest BCUT2D eigenvalue weighted by Gasteiger charge is 2.37. The minimum Gasteiger partial charge on any atom is -0.495 e. The van der Waals surface area contributed by atoms with Gasteiger partial charge in [-0.25, -0.2) is 4.79 Å². The number of carbonyl (C=O) groups excluding carboxylic acids is 3. The Balaban J connectivity index is 1.60. The summed E-state index contributed by atoms with van der Waals surface area (Å²) in [6.07, 6.45) is 0.0954. The predicted molar refractivity (Wildman–Crippen MR) is 101 cm³/mol. The molecule has 0 N–H and O–H groups in total. The Morgan fingerprint density at radius 3 is 2.46 bits per heavy atom. The summed E-state index contributed by atoms with van der Waals surface area (Å²) in [6, 6.07) is 13.8. The lowest BCUT2D eigenvalue weighted by molar-refractivity contribution is -0.149. The number of anilines is 1. The summed E-state index contributed by atoms with van der Waals surface area (Å²) < 4.78 is 15.3. The second kappa shape index (κ2) is 8.56. The summed E-state index contributed by atoms with van der Waals surface area (Å²) in [6.45, 7) is 0.318. The van der Waals surface area contributed by atoms with E-state index >= 15 is 0 Å². The van der Waals surface area contributed by atoms with Crippen LogP contribution in [-0.2, 0) is 25.7 Å². The largest absolute Gasteiger partial charge is 0.495 e. The Hall–Kier alpha value is -3.35. The molecule has 0 radical (unpaired) electrons. The van der Waals surface area contributed by atoms with Crippen LogP contribution < -0.4 is 9.64 Å². The Morgan fingerprint density at radius 1 is 1.07 bits per heavy atom. The van der Waals surface area contributed by atoms with Crippen molar-refractivity contribution in [3.8, 4) is 5.75 Å². The summed E-state index contributed by atoms with van der Waals surface area (Å²) in [7, 11) is 2.85. The van der Waals surface area contributed by atoms with Crippen LogP contribution in [0.1, 0.15) is 22.3 Å². The number of ether oxygens (including phenoxy) is 3. The number of hydrogen-bond acceptors (Lipinski definition) is 6. The second-order valence-electron chi connectivity index (χ2n) is 6.37. The molecular weight excluding hydrogens is 362 g/mol. The Kier molecular flexibility index (Phi) is 5.93. The van der Waals surface area contributed by atoms with Crippen LogP contribution in [0.2, 0.25) is 0 Å². The molecule has 1 heterocycles. The van der Waals surface area contributed by atoms with Gasteiger partial charge >= 0.3 is 11.9 Å². The lowest BCUT2D eigenvalue weighted by Gasteiger charge is -2.19. The lowest BCUT2D eigenvalue weighted by atomic mass is 10.1. The van der Waals surface area contributed by atoms with E-state index < -0.39 is 17.9 Å². The average molecular weight is 383 g/mol. The number of para-hydroxylation sites is 2. The number of hydrogen-bond donors (Lipinski definition) is 0. The lowest BCUT2D eigenvalue weighted by Crippen LogP contribution is -2.26. The van der Waals surface area contributed by atoms with E-state index in [-0.39, 0.29) is 25.5 Å². The number of benzene rings is 2. The Labute approximate surface area is 162 Å². The summed E-state index contributed by atoms with van der Waals surface area (Å²) >= 11 is 0. The Bertz CT molecular complexity index is 877. The van der Waals surface area contributed by atoms with E-state index in [0.717, 1.165) is 5.56 Å². The molecule has 0 aromatic heterocycles. The summed E-state index contributed by atoms with van der Waals surface area (Å²) in [5.74, 6) is -0.955. The predicted octanol–water partition coefficient (Wildman–Crippen LogP) is 2.58. The molecule has 0 aliphatic carbocycles. The van der Waals surface area contributed by atoms with Crippen LogP contribution in [0, 0.1) is 5.92 Å². The SMILES string of the molecule is COC(=O)c1ccc(COC(=O)C2CC(=O)N(c3ccccc3OC)C2)cc1. The molecule has 0 saturated carbocycles. The standard InChI is InChI=1S/C21H21NO6/c1-26-18-6-4-3-5-17(18)22-12-16(11-19(22)23)21(25)28-13-14-7-9-15(10-8-14)20(24)27-2/h3-10,16H,11-13H2,1-2H3. The van der Waals surface area contributed by atoms with Crippen molar-refractivity contribution in [2.24, 2.45) is 5.92 Å². The molecule has 146 valence electrons. The minimum absolute atomic E-state index is 0.0691. The smallest absolute Gasteiger partial charge is 0.337 e. The van der Waals surface area contributed by atoms with Gasteiger partial charge in [-0.2, -0.15) is 0 Å². The van der Waals surface area contributed by atoms with Gasteiger partial charge in [0.25, 0.3) is 0 Å². The third-order valence-corrected chi connectivity index (χ3v) is 4.59. The van der Waals surface area contributed by atoms with Gasteiger partial charge in [0.1, 0.15) is 12.4 Å². The molecule has 28 heavy (non-hydrogen) atoms. The molecule has 0 bridgehead atoms. The third-order valence-electron chi connectivity index (χ3n) is 4.59. The maximum atomic E-state index is 12.4. The molecule has 7 heteroatoms. The molecule has 1 saturated heterocycles. The van der Waals surface area contributed by atoms with Crippen molar-refractivity contribution in [1.82, 2.24) is 0 Å². The number of carbonyl (C=O) groups is 3. The quantitative estimate of drug-likeness (QED) is 0.713. The van der Waals surface area contributed by atoms with Crippen LogP contribution in [-0.4, -0.2) is 38.6 Å². The van der Waals surface area contributed by atoms with Crippen LogP contribution in [0.25, 0.3) is 0 Å². The normalized spacial score (nSPS) is 16.0. The van der Waals surface area contributed by atoms with Crippen molar-refractivity contribution in [2.75, 3.05) is 25.7 Å². The Morgan fingerprint density at radius 2 is 1.79 bits per heavy atom. The van der Waals surface area contributed by atoms with E-state index in [1.807, 2.05) is 12.1 Å².